The Hall–Kier alpha value is -0.960. The van der Waals surface area contributed by atoms with Crippen LogP contribution in [0.3, 0.4) is 0 Å². The Bertz CT molecular complexity index is 145. The van der Waals surface area contributed by atoms with Crippen molar-refractivity contribution in [2.45, 2.75) is 0 Å². The number of aliphatic hydroxyl groups excluding tert-OH is 1. The van der Waals surface area contributed by atoms with E-state index >= 15 is 0 Å². The first-order valence-corrected chi connectivity index (χ1v) is 3.28. The van der Waals surface area contributed by atoms with Gasteiger partial charge in [0.05, 0.1) is 13.3 Å². The minimum absolute atomic E-state index is 0.204. The van der Waals surface area contributed by atoms with E-state index in [0.717, 1.165) is 6.67 Å². The molecule has 0 amide bonds. The first kappa shape index (κ1) is 7.15. The van der Waals surface area contributed by atoms with Crippen LogP contribution in [0.25, 0.3) is 0 Å². The van der Waals surface area contributed by atoms with E-state index in [4.69, 9.17) is 5.11 Å². The summed E-state index contributed by atoms with van der Waals surface area (Å²) in [7, 11) is 0. The van der Waals surface area contributed by atoms with E-state index < -0.39 is 0 Å². The predicted octanol–water partition coefficient (Wildman–Crippen LogP) is 0.168. The lowest BCUT2D eigenvalue weighted by Gasteiger charge is -2.16. The van der Waals surface area contributed by atoms with Gasteiger partial charge in [-0.15, -0.1) is 0 Å². The van der Waals surface area contributed by atoms with E-state index in [1.165, 1.54) is 0 Å². The van der Waals surface area contributed by atoms with Crippen molar-refractivity contribution in [3.63, 3.8) is 0 Å². The van der Waals surface area contributed by atoms with E-state index in [9.17, 15) is 0 Å². The van der Waals surface area contributed by atoms with Crippen LogP contribution >= 0.6 is 0 Å². The van der Waals surface area contributed by atoms with E-state index in [1.807, 2.05) is 22.2 Å². The highest BCUT2D eigenvalue weighted by Crippen LogP contribution is 2.04. The van der Waals surface area contributed by atoms with Gasteiger partial charge in [0.15, 0.2) is 0 Å². The minimum Gasteiger partial charge on any atom is -0.395 e. The second-order valence-corrected chi connectivity index (χ2v) is 2.17. The third-order valence-electron chi connectivity index (χ3n) is 1.44. The Labute approximate surface area is 60.9 Å². The van der Waals surface area contributed by atoms with Crippen molar-refractivity contribution in [2.75, 3.05) is 19.8 Å². The number of hydrogen-bond acceptors (Lipinski definition) is 3. The molecule has 1 aliphatic rings. The molecular formula is C7H12N2O. The Morgan fingerprint density at radius 3 is 2.90 bits per heavy atom. The highest BCUT2D eigenvalue weighted by molar-refractivity contribution is 4.94. The third-order valence-corrected chi connectivity index (χ3v) is 1.44. The second-order valence-electron chi connectivity index (χ2n) is 2.17. The first-order valence-electron chi connectivity index (χ1n) is 3.28. The summed E-state index contributed by atoms with van der Waals surface area (Å²) in [5.74, 6) is 0. The molecule has 0 aliphatic carbocycles. The van der Waals surface area contributed by atoms with Gasteiger partial charge in [-0.2, -0.15) is 0 Å². The van der Waals surface area contributed by atoms with Gasteiger partial charge in [0, 0.05) is 18.9 Å². The summed E-state index contributed by atoms with van der Waals surface area (Å²) in [6.45, 7) is 5.33. The molecule has 3 heteroatoms. The smallest absolute Gasteiger partial charge is 0.0936 e. The summed E-state index contributed by atoms with van der Waals surface area (Å²) in [6.07, 6.45) is 5.63. The molecular weight excluding hydrogens is 128 g/mol. The van der Waals surface area contributed by atoms with Crippen LogP contribution in [0.4, 0.5) is 0 Å². The lowest BCUT2D eigenvalue weighted by atomic mass is 10.6. The Morgan fingerprint density at radius 1 is 1.60 bits per heavy atom. The van der Waals surface area contributed by atoms with Crippen molar-refractivity contribution in [3.8, 4) is 0 Å². The molecule has 1 N–H and O–H groups in total. The topological polar surface area (TPSA) is 26.7 Å². The lowest BCUT2D eigenvalue weighted by molar-refractivity contribution is 0.222. The van der Waals surface area contributed by atoms with Gasteiger partial charge < -0.3 is 14.9 Å². The molecule has 0 aromatic rings. The van der Waals surface area contributed by atoms with Crippen LogP contribution in [-0.2, 0) is 0 Å². The van der Waals surface area contributed by atoms with Crippen LogP contribution in [0.15, 0.2) is 25.2 Å². The van der Waals surface area contributed by atoms with Crippen molar-refractivity contribution in [1.29, 1.82) is 0 Å². The quantitative estimate of drug-likeness (QED) is 0.605. The summed E-state index contributed by atoms with van der Waals surface area (Å²) in [5.41, 5.74) is 0. The fourth-order valence-electron chi connectivity index (χ4n) is 0.876. The average molecular weight is 140 g/mol. The molecule has 1 rings (SSSR count). The first-order chi connectivity index (χ1) is 4.86. The number of aliphatic hydroxyl groups is 1. The van der Waals surface area contributed by atoms with Gasteiger partial charge in [0.2, 0.25) is 0 Å². The van der Waals surface area contributed by atoms with E-state index in [2.05, 4.69) is 6.58 Å². The number of rotatable bonds is 3. The second kappa shape index (κ2) is 3.27. The zero-order valence-electron chi connectivity index (χ0n) is 5.90. The molecule has 3 nitrogen and oxygen atoms in total. The molecule has 1 aliphatic heterocycles. The Morgan fingerprint density at radius 2 is 2.40 bits per heavy atom. The van der Waals surface area contributed by atoms with E-state index in [0.29, 0.717) is 6.54 Å². The van der Waals surface area contributed by atoms with Gasteiger partial charge in [-0.3, -0.25) is 0 Å². The maximum atomic E-state index is 8.57. The van der Waals surface area contributed by atoms with E-state index in [-0.39, 0.29) is 6.61 Å². The SMILES string of the molecule is C=CN1C=CN(CCO)C1. The largest absolute Gasteiger partial charge is 0.395 e. The van der Waals surface area contributed by atoms with Gasteiger partial charge in [0.25, 0.3) is 0 Å². The molecule has 0 spiro atoms. The van der Waals surface area contributed by atoms with Crippen molar-refractivity contribution >= 4 is 0 Å². The standard InChI is InChI=1S/C7H12N2O/c1-2-8-3-4-9(7-8)5-6-10/h2-4,10H,1,5-7H2. The fraction of sp³-hybridized carbons (Fsp3) is 0.429. The molecule has 0 aromatic heterocycles. The third kappa shape index (κ3) is 1.51. The highest BCUT2D eigenvalue weighted by atomic mass is 16.3. The van der Waals surface area contributed by atoms with Crippen LogP contribution in [0, 0.1) is 0 Å². The maximum Gasteiger partial charge on any atom is 0.0936 e. The molecule has 0 aromatic carbocycles. The summed E-state index contributed by atoms with van der Waals surface area (Å²) in [6, 6.07) is 0. The van der Waals surface area contributed by atoms with E-state index in [1.54, 1.807) is 6.20 Å². The predicted molar refractivity (Wildman–Crippen MR) is 39.8 cm³/mol. The van der Waals surface area contributed by atoms with Crippen LogP contribution in [-0.4, -0.2) is 34.7 Å². The number of nitrogens with zero attached hydrogens (tertiary/aromatic N) is 2. The monoisotopic (exact) mass is 140 g/mol. The normalized spacial score (nSPS) is 16.5. The van der Waals surface area contributed by atoms with Crippen LogP contribution in [0.1, 0.15) is 0 Å². The number of β-amino-alcohol motifs (C(OH)–C–C–N with tert-alkyl or cyclic N) is 1. The summed E-state index contributed by atoms with van der Waals surface area (Å²) in [4.78, 5) is 3.97. The van der Waals surface area contributed by atoms with Crippen LogP contribution in [0.2, 0.25) is 0 Å². The lowest BCUT2D eigenvalue weighted by Crippen LogP contribution is -2.24. The van der Waals surface area contributed by atoms with Crippen molar-refractivity contribution in [1.82, 2.24) is 9.80 Å². The zero-order valence-corrected chi connectivity index (χ0v) is 5.90. The van der Waals surface area contributed by atoms with Crippen LogP contribution in [0.5, 0.6) is 0 Å². The number of hydrogen-bond donors (Lipinski definition) is 1. The highest BCUT2D eigenvalue weighted by Gasteiger charge is 2.06. The summed E-state index contributed by atoms with van der Waals surface area (Å²) in [5, 5.41) is 8.57. The Kier molecular flexibility index (Phi) is 2.34. The molecule has 10 heavy (non-hydrogen) atoms. The molecule has 0 saturated heterocycles. The molecule has 56 valence electrons. The molecule has 0 saturated carbocycles. The zero-order chi connectivity index (χ0) is 7.40. The average Bonchev–Trinajstić information content (AvgIpc) is 2.37. The molecule has 0 bridgehead atoms. The molecule has 0 fully saturated rings. The van der Waals surface area contributed by atoms with Crippen LogP contribution < -0.4 is 0 Å². The molecule has 0 atom stereocenters. The summed E-state index contributed by atoms with van der Waals surface area (Å²) < 4.78 is 0. The molecule has 1 heterocycles. The molecule has 0 radical (unpaired) electrons. The van der Waals surface area contributed by atoms with Gasteiger partial charge in [0.1, 0.15) is 0 Å². The van der Waals surface area contributed by atoms with Crippen molar-refractivity contribution in [2.24, 2.45) is 0 Å². The summed E-state index contributed by atoms with van der Waals surface area (Å²) >= 11 is 0. The van der Waals surface area contributed by atoms with Crippen molar-refractivity contribution < 1.29 is 5.11 Å². The Balaban J connectivity index is 2.30. The minimum atomic E-state index is 0.204. The van der Waals surface area contributed by atoms with Gasteiger partial charge in [-0.05, 0) is 6.20 Å². The molecule has 0 unspecified atom stereocenters. The maximum absolute atomic E-state index is 8.57. The fourth-order valence-corrected chi connectivity index (χ4v) is 0.876. The van der Waals surface area contributed by atoms with Gasteiger partial charge in [-0.1, -0.05) is 6.58 Å². The van der Waals surface area contributed by atoms with Gasteiger partial charge >= 0.3 is 0 Å². The van der Waals surface area contributed by atoms with Gasteiger partial charge in [-0.25, -0.2) is 0 Å². The van der Waals surface area contributed by atoms with Crippen molar-refractivity contribution in [3.05, 3.63) is 25.2 Å².